The summed E-state index contributed by atoms with van der Waals surface area (Å²) in [5.41, 5.74) is 1.61. The topological polar surface area (TPSA) is 51.2 Å². The van der Waals surface area contributed by atoms with Crippen molar-refractivity contribution in [2.45, 2.75) is 26.2 Å². The van der Waals surface area contributed by atoms with Crippen LogP contribution in [0.3, 0.4) is 0 Å². The summed E-state index contributed by atoms with van der Waals surface area (Å²) in [5.74, 6) is 0.489. The molecule has 0 fully saturated rings. The minimum Gasteiger partial charge on any atom is -0.484 e. The van der Waals surface area contributed by atoms with E-state index in [1.54, 1.807) is 12.3 Å². The first-order chi connectivity index (χ1) is 9.95. The molecule has 0 aliphatic carbocycles. The second-order valence-corrected chi connectivity index (χ2v) is 5.83. The molecule has 0 radical (unpaired) electrons. The number of amides is 1. The zero-order chi connectivity index (χ0) is 15.3. The predicted molar refractivity (Wildman–Crippen MR) is 83.5 cm³/mol. The molecule has 0 spiro atoms. The summed E-state index contributed by atoms with van der Waals surface area (Å²) in [4.78, 5) is 16.2. The van der Waals surface area contributed by atoms with Gasteiger partial charge in [-0.1, -0.05) is 39.0 Å². The van der Waals surface area contributed by atoms with Crippen LogP contribution in [0.4, 0.5) is 5.69 Å². The number of nitrogens with zero attached hydrogens (tertiary/aromatic N) is 1. The van der Waals surface area contributed by atoms with Crippen molar-refractivity contribution in [2.24, 2.45) is 0 Å². The molecule has 1 N–H and O–H groups in total. The van der Waals surface area contributed by atoms with Gasteiger partial charge in [0.1, 0.15) is 5.75 Å². The Hall–Kier alpha value is -2.36. The van der Waals surface area contributed by atoms with Crippen LogP contribution in [-0.4, -0.2) is 17.5 Å². The zero-order valence-corrected chi connectivity index (χ0v) is 12.6. The molecule has 0 atom stereocenters. The standard InChI is InChI=1S/C17H20N2O2/c1-17(2,3)15-11-13(9-10-18-15)19-16(20)12-21-14-7-5-4-6-8-14/h4-11H,12H2,1-3H3,(H,18,19,20). The fourth-order valence-corrected chi connectivity index (χ4v) is 1.78. The Kier molecular flexibility index (Phi) is 4.58. The molecule has 0 bridgehead atoms. The van der Waals surface area contributed by atoms with E-state index >= 15 is 0 Å². The van der Waals surface area contributed by atoms with Gasteiger partial charge >= 0.3 is 0 Å². The molecule has 21 heavy (non-hydrogen) atoms. The summed E-state index contributed by atoms with van der Waals surface area (Å²) in [6.07, 6.45) is 1.70. The maximum Gasteiger partial charge on any atom is 0.262 e. The van der Waals surface area contributed by atoms with Gasteiger partial charge in [-0.2, -0.15) is 0 Å². The maximum absolute atomic E-state index is 11.9. The Morgan fingerprint density at radius 2 is 1.90 bits per heavy atom. The van der Waals surface area contributed by atoms with Crippen LogP contribution in [0, 0.1) is 0 Å². The smallest absolute Gasteiger partial charge is 0.262 e. The summed E-state index contributed by atoms with van der Waals surface area (Å²) in [7, 11) is 0. The van der Waals surface area contributed by atoms with Crippen LogP contribution in [0.25, 0.3) is 0 Å². The van der Waals surface area contributed by atoms with E-state index in [4.69, 9.17) is 4.74 Å². The molecule has 1 heterocycles. The molecule has 0 aliphatic heterocycles. The van der Waals surface area contributed by atoms with Gasteiger partial charge in [0, 0.05) is 23.0 Å². The van der Waals surface area contributed by atoms with Crippen LogP contribution in [-0.2, 0) is 10.2 Å². The number of anilines is 1. The first-order valence-corrected chi connectivity index (χ1v) is 6.89. The van der Waals surface area contributed by atoms with Crippen molar-refractivity contribution in [2.75, 3.05) is 11.9 Å². The van der Waals surface area contributed by atoms with Crippen LogP contribution < -0.4 is 10.1 Å². The molecule has 0 saturated carbocycles. The fourth-order valence-electron chi connectivity index (χ4n) is 1.78. The van der Waals surface area contributed by atoms with E-state index in [0.29, 0.717) is 5.75 Å². The Morgan fingerprint density at radius 1 is 1.19 bits per heavy atom. The molecular formula is C17H20N2O2. The molecule has 4 nitrogen and oxygen atoms in total. The second kappa shape index (κ2) is 6.39. The van der Waals surface area contributed by atoms with E-state index in [9.17, 15) is 4.79 Å². The van der Waals surface area contributed by atoms with Crippen molar-refractivity contribution in [3.63, 3.8) is 0 Å². The Labute approximate surface area is 125 Å². The third kappa shape index (κ3) is 4.60. The number of rotatable bonds is 4. The van der Waals surface area contributed by atoms with Crippen molar-refractivity contribution in [1.29, 1.82) is 0 Å². The van der Waals surface area contributed by atoms with Gasteiger partial charge in [-0.3, -0.25) is 9.78 Å². The first-order valence-electron chi connectivity index (χ1n) is 6.89. The molecule has 4 heteroatoms. The monoisotopic (exact) mass is 284 g/mol. The van der Waals surface area contributed by atoms with Gasteiger partial charge in [0.2, 0.25) is 0 Å². The lowest BCUT2D eigenvalue weighted by molar-refractivity contribution is -0.118. The highest BCUT2D eigenvalue weighted by molar-refractivity contribution is 5.91. The van der Waals surface area contributed by atoms with Crippen molar-refractivity contribution in [3.05, 3.63) is 54.4 Å². The summed E-state index contributed by atoms with van der Waals surface area (Å²) in [5, 5.41) is 2.82. The molecule has 1 aromatic heterocycles. The number of aromatic nitrogens is 1. The minimum atomic E-state index is -0.190. The van der Waals surface area contributed by atoms with E-state index in [-0.39, 0.29) is 17.9 Å². The van der Waals surface area contributed by atoms with Gasteiger partial charge in [0.25, 0.3) is 5.91 Å². The number of hydrogen-bond acceptors (Lipinski definition) is 3. The van der Waals surface area contributed by atoms with E-state index in [1.807, 2.05) is 36.4 Å². The van der Waals surface area contributed by atoms with Gasteiger partial charge in [-0.25, -0.2) is 0 Å². The lowest BCUT2D eigenvalue weighted by atomic mass is 9.91. The normalized spacial score (nSPS) is 11.0. The Bertz CT molecular complexity index is 604. The van der Waals surface area contributed by atoms with Gasteiger partial charge in [-0.05, 0) is 24.3 Å². The minimum absolute atomic E-state index is 0.0167. The van der Waals surface area contributed by atoms with E-state index in [1.165, 1.54) is 0 Å². The van der Waals surface area contributed by atoms with Crippen molar-refractivity contribution in [1.82, 2.24) is 4.98 Å². The average Bonchev–Trinajstić information content (AvgIpc) is 2.46. The average molecular weight is 284 g/mol. The summed E-state index contributed by atoms with van der Waals surface area (Å²) in [6, 6.07) is 12.9. The number of carbonyl (C=O) groups excluding carboxylic acids is 1. The molecule has 1 aromatic carbocycles. The lowest BCUT2D eigenvalue weighted by Crippen LogP contribution is -2.21. The molecule has 2 rings (SSSR count). The number of hydrogen-bond donors (Lipinski definition) is 1. The Morgan fingerprint density at radius 3 is 2.57 bits per heavy atom. The van der Waals surface area contributed by atoms with Gasteiger partial charge < -0.3 is 10.1 Å². The summed E-state index contributed by atoms with van der Waals surface area (Å²) < 4.78 is 5.41. The summed E-state index contributed by atoms with van der Waals surface area (Å²) >= 11 is 0. The van der Waals surface area contributed by atoms with Gasteiger partial charge in [0.15, 0.2) is 6.61 Å². The van der Waals surface area contributed by atoms with Crippen molar-refractivity contribution >= 4 is 11.6 Å². The van der Waals surface area contributed by atoms with E-state index in [0.717, 1.165) is 11.4 Å². The molecular weight excluding hydrogens is 264 g/mol. The van der Waals surface area contributed by atoms with Crippen LogP contribution in [0.2, 0.25) is 0 Å². The molecule has 0 saturated heterocycles. The van der Waals surface area contributed by atoms with Gasteiger partial charge in [-0.15, -0.1) is 0 Å². The fraction of sp³-hybridized carbons (Fsp3) is 0.294. The second-order valence-electron chi connectivity index (χ2n) is 5.83. The number of carbonyl (C=O) groups is 1. The molecule has 110 valence electrons. The lowest BCUT2D eigenvalue weighted by Gasteiger charge is -2.18. The molecule has 0 unspecified atom stereocenters. The number of para-hydroxylation sites is 1. The quantitative estimate of drug-likeness (QED) is 0.936. The predicted octanol–water partition coefficient (Wildman–Crippen LogP) is 3.40. The van der Waals surface area contributed by atoms with Crippen LogP contribution in [0.5, 0.6) is 5.75 Å². The number of pyridine rings is 1. The van der Waals surface area contributed by atoms with Crippen molar-refractivity contribution in [3.8, 4) is 5.75 Å². The maximum atomic E-state index is 11.9. The molecule has 0 aliphatic rings. The van der Waals surface area contributed by atoms with Gasteiger partial charge in [0.05, 0.1) is 0 Å². The third-order valence-electron chi connectivity index (χ3n) is 2.93. The zero-order valence-electron chi connectivity index (χ0n) is 12.6. The molecule has 2 aromatic rings. The van der Waals surface area contributed by atoms with E-state index in [2.05, 4.69) is 31.1 Å². The Balaban J connectivity index is 1.94. The summed E-state index contributed by atoms with van der Waals surface area (Å²) in [6.45, 7) is 6.23. The highest BCUT2D eigenvalue weighted by atomic mass is 16.5. The van der Waals surface area contributed by atoms with Crippen LogP contribution in [0.1, 0.15) is 26.5 Å². The third-order valence-corrected chi connectivity index (χ3v) is 2.93. The number of ether oxygens (including phenoxy) is 1. The van der Waals surface area contributed by atoms with Crippen LogP contribution in [0.15, 0.2) is 48.7 Å². The SMILES string of the molecule is CC(C)(C)c1cc(NC(=O)COc2ccccc2)ccn1. The molecule has 1 amide bonds. The van der Waals surface area contributed by atoms with Crippen molar-refractivity contribution < 1.29 is 9.53 Å². The highest BCUT2D eigenvalue weighted by Crippen LogP contribution is 2.22. The largest absolute Gasteiger partial charge is 0.484 e. The highest BCUT2D eigenvalue weighted by Gasteiger charge is 2.16. The first kappa shape index (κ1) is 15.0. The van der Waals surface area contributed by atoms with Crippen LogP contribution >= 0.6 is 0 Å². The number of benzene rings is 1. The number of nitrogens with one attached hydrogen (secondary N) is 1. The van der Waals surface area contributed by atoms with E-state index < -0.39 is 0 Å².